The topological polar surface area (TPSA) is 59.8 Å². The van der Waals surface area contributed by atoms with Gasteiger partial charge in [0, 0.05) is 30.1 Å². The van der Waals surface area contributed by atoms with Gasteiger partial charge in [-0.25, -0.2) is 4.79 Å². The number of likely N-dealkylation sites (tertiary alicyclic amines) is 1. The molecule has 2 heterocycles. The van der Waals surface area contributed by atoms with E-state index >= 15 is 0 Å². The van der Waals surface area contributed by atoms with Crippen LogP contribution in [0.2, 0.25) is 5.02 Å². The Balaban J connectivity index is 1.77. The van der Waals surface area contributed by atoms with Crippen molar-refractivity contribution in [1.29, 1.82) is 0 Å². The molecule has 0 aliphatic carbocycles. The lowest BCUT2D eigenvalue weighted by atomic mass is 10.00. The van der Waals surface area contributed by atoms with Crippen LogP contribution in [-0.4, -0.2) is 30.0 Å². The van der Waals surface area contributed by atoms with Crippen molar-refractivity contribution >= 4 is 28.5 Å². The second-order valence-electron chi connectivity index (χ2n) is 6.46. The van der Waals surface area contributed by atoms with Crippen LogP contribution in [0.5, 0.6) is 5.75 Å². The van der Waals surface area contributed by atoms with E-state index in [1.165, 1.54) is 6.07 Å². The Hall–Kier alpha value is -2.01. The van der Waals surface area contributed by atoms with E-state index in [4.69, 9.17) is 20.8 Å². The number of fused-ring (bicyclic) bond motifs is 1. The number of hydrogen-bond donors (Lipinski definition) is 0. The SMILES string of the molecule is CCC1CCCCN1C(=O)COc1cc2oc(=O)cc(C)c2cc1Cl. The third-order valence-corrected chi connectivity index (χ3v) is 5.07. The van der Waals surface area contributed by atoms with Gasteiger partial charge in [-0.1, -0.05) is 18.5 Å². The van der Waals surface area contributed by atoms with E-state index in [1.807, 2.05) is 11.8 Å². The highest BCUT2D eigenvalue weighted by atomic mass is 35.5. The van der Waals surface area contributed by atoms with Crippen molar-refractivity contribution in [1.82, 2.24) is 4.90 Å². The van der Waals surface area contributed by atoms with Gasteiger partial charge in [0.25, 0.3) is 5.91 Å². The number of piperidine rings is 1. The fourth-order valence-corrected chi connectivity index (χ4v) is 3.62. The van der Waals surface area contributed by atoms with Crippen LogP contribution in [0.4, 0.5) is 0 Å². The van der Waals surface area contributed by atoms with E-state index in [0.29, 0.717) is 16.4 Å². The van der Waals surface area contributed by atoms with E-state index in [0.717, 1.165) is 43.2 Å². The van der Waals surface area contributed by atoms with Gasteiger partial charge in [0.1, 0.15) is 11.3 Å². The van der Waals surface area contributed by atoms with Crippen LogP contribution in [-0.2, 0) is 4.79 Å². The van der Waals surface area contributed by atoms with Crippen LogP contribution in [0.1, 0.15) is 38.2 Å². The minimum Gasteiger partial charge on any atom is -0.482 e. The second kappa shape index (κ2) is 7.48. The molecule has 0 N–H and O–H groups in total. The summed E-state index contributed by atoms with van der Waals surface area (Å²) in [7, 11) is 0. The first-order chi connectivity index (χ1) is 12.0. The second-order valence-corrected chi connectivity index (χ2v) is 6.87. The Kier molecular flexibility index (Phi) is 5.33. The molecule has 3 rings (SSSR count). The third-order valence-electron chi connectivity index (χ3n) is 4.77. The number of hydrogen-bond acceptors (Lipinski definition) is 4. The molecule has 1 amide bonds. The van der Waals surface area contributed by atoms with Gasteiger partial charge in [0.2, 0.25) is 0 Å². The number of ether oxygens (including phenoxy) is 1. The van der Waals surface area contributed by atoms with Crippen molar-refractivity contribution in [2.24, 2.45) is 0 Å². The fraction of sp³-hybridized carbons (Fsp3) is 0.474. The molecule has 1 fully saturated rings. The molecular formula is C19H22ClNO4. The minimum absolute atomic E-state index is 0.0339. The van der Waals surface area contributed by atoms with Crippen molar-refractivity contribution in [2.45, 2.75) is 45.6 Å². The van der Waals surface area contributed by atoms with Gasteiger partial charge in [0.05, 0.1) is 5.02 Å². The molecule has 1 aromatic heterocycles. The van der Waals surface area contributed by atoms with Crippen LogP contribution in [0, 0.1) is 6.92 Å². The summed E-state index contributed by atoms with van der Waals surface area (Å²) in [6.07, 6.45) is 4.19. The average Bonchev–Trinajstić information content (AvgIpc) is 2.60. The Bertz CT molecular complexity index is 845. The maximum atomic E-state index is 12.5. The normalized spacial score (nSPS) is 17.7. The van der Waals surface area contributed by atoms with Gasteiger partial charge in [-0.15, -0.1) is 0 Å². The number of carbonyl (C=O) groups is 1. The van der Waals surface area contributed by atoms with E-state index in [9.17, 15) is 9.59 Å². The largest absolute Gasteiger partial charge is 0.482 e. The standard InChI is InChI=1S/C19H22ClNO4/c1-3-13-6-4-5-7-21(13)18(22)11-24-17-10-16-14(9-15(17)20)12(2)8-19(23)25-16/h8-10,13H,3-7,11H2,1-2H3. The summed E-state index contributed by atoms with van der Waals surface area (Å²) < 4.78 is 10.9. The highest BCUT2D eigenvalue weighted by molar-refractivity contribution is 6.32. The van der Waals surface area contributed by atoms with Crippen molar-refractivity contribution in [3.63, 3.8) is 0 Å². The van der Waals surface area contributed by atoms with E-state index in [1.54, 1.807) is 12.1 Å². The molecule has 0 bridgehead atoms. The first-order valence-electron chi connectivity index (χ1n) is 8.66. The van der Waals surface area contributed by atoms with E-state index in [2.05, 4.69) is 6.92 Å². The molecule has 0 saturated carbocycles. The monoisotopic (exact) mass is 363 g/mol. The highest BCUT2D eigenvalue weighted by Crippen LogP contribution is 2.31. The summed E-state index contributed by atoms with van der Waals surface area (Å²) in [5.41, 5.74) is 0.768. The predicted molar refractivity (Wildman–Crippen MR) is 97.4 cm³/mol. The number of rotatable bonds is 4. The van der Waals surface area contributed by atoms with Crippen LogP contribution < -0.4 is 10.4 Å². The van der Waals surface area contributed by atoms with Gasteiger partial charge in [-0.2, -0.15) is 0 Å². The van der Waals surface area contributed by atoms with Crippen molar-refractivity contribution in [3.05, 3.63) is 39.2 Å². The maximum Gasteiger partial charge on any atom is 0.336 e. The highest BCUT2D eigenvalue weighted by Gasteiger charge is 2.25. The number of benzene rings is 1. The number of halogens is 1. The Morgan fingerprint density at radius 3 is 2.92 bits per heavy atom. The molecule has 1 unspecified atom stereocenters. The molecule has 0 radical (unpaired) electrons. The van der Waals surface area contributed by atoms with Gasteiger partial charge >= 0.3 is 5.63 Å². The molecule has 1 atom stereocenters. The quantitative estimate of drug-likeness (QED) is 0.772. The molecule has 1 aromatic carbocycles. The van der Waals surface area contributed by atoms with Crippen LogP contribution in [0.25, 0.3) is 11.0 Å². The Labute approximate surface area is 151 Å². The molecule has 1 saturated heterocycles. The van der Waals surface area contributed by atoms with Crippen molar-refractivity contribution in [3.8, 4) is 5.75 Å². The molecule has 134 valence electrons. The summed E-state index contributed by atoms with van der Waals surface area (Å²) in [5.74, 6) is 0.315. The summed E-state index contributed by atoms with van der Waals surface area (Å²) in [6, 6.07) is 4.99. The van der Waals surface area contributed by atoms with Gasteiger partial charge in [-0.3, -0.25) is 4.79 Å². The number of amides is 1. The van der Waals surface area contributed by atoms with Crippen LogP contribution in [0.15, 0.2) is 27.4 Å². The lowest BCUT2D eigenvalue weighted by molar-refractivity contribution is -0.137. The molecule has 5 nitrogen and oxygen atoms in total. The Morgan fingerprint density at radius 1 is 1.36 bits per heavy atom. The molecule has 6 heteroatoms. The molecular weight excluding hydrogens is 342 g/mol. The van der Waals surface area contributed by atoms with E-state index < -0.39 is 5.63 Å². The molecule has 0 spiro atoms. The molecule has 2 aromatic rings. The molecule has 1 aliphatic rings. The summed E-state index contributed by atoms with van der Waals surface area (Å²) in [6.45, 7) is 4.63. The zero-order chi connectivity index (χ0) is 18.0. The zero-order valence-corrected chi connectivity index (χ0v) is 15.3. The fourth-order valence-electron chi connectivity index (χ4n) is 3.41. The van der Waals surface area contributed by atoms with Gasteiger partial charge in [0.15, 0.2) is 6.61 Å². The van der Waals surface area contributed by atoms with Crippen molar-refractivity contribution < 1.29 is 13.9 Å². The number of carbonyl (C=O) groups excluding carboxylic acids is 1. The first-order valence-corrected chi connectivity index (χ1v) is 9.03. The van der Waals surface area contributed by atoms with Crippen LogP contribution in [0.3, 0.4) is 0 Å². The first kappa shape index (κ1) is 17.8. The lowest BCUT2D eigenvalue weighted by Crippen LogP contribution is -2.45. The van der Waals surface area contributed by atoms with Gasteiger partial charge < -0.3 is 14.1 Å². The maximum absolute atomic E-state index is 12.5. The molecule has 25 heavy (non-hydrogen) atoms. The molecule has 1 aliphatic heterocycles. The number of nitrogens with zero attached hydrogens (tertiary/aromatic N) is 1. The summed E-state index contributed by atoms with van der Waals surface area (Å²) in [5, 5.41) is 1.15. The van der Waals surface area contributed by atoms with Gasteiger partial charge in [-0.05, 0) is 44.2 Å². The van der Waals surface area contributed by atoms with Crippen molar-refractivity contribution in [2.75, 3.05) is 13.2 Å². The van der Waals surface area contributed by atoms with Crippen LogP contribution >= 0.6 is 11.6 Å². The Morgan fingerprint density at radius 2 is 2.16 bits per heavy atom. The zero-order valence-electron chi connectivity index (χ0n) is 14.5. The lowest BCUT2D eigenvalue weighted by Gasteiger charge is -2.35. The van der Waals surface area contributed by atoms with E-state index in [-0.39, 0.29) is 18.6 Å². The smallest absolute Gasteiger partial charge is 0.336 e. The third kappa shape index (κ3) is 3.82. The predicted octanol–water partition coefficient (Wildman–Crippen LogP) is 3.92. The number of aryl methyl sites for hydroxylation is 1. The summed E-state index contributed by atoms with van der Waals surface area (Å²) in [4.78, 5) is 26.0. The minimum atomic E-state index is -0.423. The summed E-state index contributed by atoms with van der Waals surface area (Å²) >= 11 is 6.27. The average molecular weight is 364 g/mol.